The van der Waals surface area contributed by atoms with E-state index in [1.807, 2.05) is 31.2 Å². The average molecular weight is 429 g/mol. The van der Waals surface area contributed by atoms with Gasteiger partial charge in [-0.25, -0.2) is 13.1 Å². The quantitative estimate of drug-likeness (QED) is 0.595. The highest BCUT2D eigenvalue weighted by Crippen LogP contribution is 2.23. The highest BCUT2D eigenvalue weighted by atomic mass is 32.2. The van der Waals surface area contributed by atoms with Crippen molar-refractivity contribution in [3.63, 3.8) is 0 Å². The minimum Gasteiger partial charge on any atom is -0.496 e. The third kappa shape index (κ3) is 5.28. The zero-order valence-electron chi connectivity index (χ0n) is 17.1. The number of nitrogens with zero attached hydrogens (tertiary/aromatic N) is 1. The molecule has 1 heterocycles. The van der Waals surface area contributed by atoms with Crippen LogP contribution in [0, 0.1) is 13.8 Å². The molecule has 0 bridgehead atoms. The molecule has 2 aromatic carbocycles. The summed E-state index contributed by atoms with van der Waals surface area (Å²) in [6, 6.07) is 16.9. The lowest BCUT2D eigenvalue weighted by molar-refractivity contribution is 0.411. The fourth-order valence-electron chi connectivity index (χ4n) is 2.98. The van der Waals surface area contributed by atoms with Crippen molar-refractivity contribution in [1.82, 2.24) is 9.29 Å². The minimum atomic E-state index is -3.71. The van der Waals surface area contributed by atoms with Gasteiger partial charge in [0.2, 0.25) is 10.0 Å². The van der Waals surface area contributed by atoms with Crippen molar-refractivity contribution in [2.45, 2.75) is 25.3 Å². The smallest absolute Gasteiger partial charge is 0.254 e. The number of aromatic nitrogens is 1. The lowest BCUT2D eigenvalue weighted by atomic mass is 10.2. The molecule has 8 heteroatoms. The zero-order chi connectivity index (χ0) is 21.7. The van der Waals surface area contributed by atoms with E-state index in [2.05, 4.69) is 4.72 Å². The third-order valence-electron chi connectivity index (χ3n) is 4.53. The van der Waals surface area contributed by atoms with Crippen LogP contribution in [0.25, 0.3) is 0 Å². The van der Waals surface area contributed by atoms with E-state index in [4.69, 9.17) is 9.47 Å². The second-order valence-corrected chi connectivity index (χ2v) is 8.58. The van der Waals surface area contributed by atoms with Gasteiger partial charge in [0.1, 0.15) is 17.2 Å². The average Bonchev–Trinajstić information content (AvgIpc) is 2.70. The lowest BCUT2D eigenvalue weighted by Crippen LogP contribution is -2.31. The first-order chi connectivity index (χ1) is 14.3. The topological polar surface area (TPSA) is 86.6 Å². The SMILES string of the molecule is COc1cc(C)n(CCNS(=O)(=O)c2ccc(Oc3cccc(C)c3)cc2)c(=O)c1. The first kappa shape index (κ1) is 21.6. The molecule has 158 valence electrons. The Morgan fingerprint density at radius 1 is 0.933 bits per heavy atom. The molecule has 7 nitrogen and oxygen atoms in total. The summed E-state index contributed by atoms with van der Waals surface area (Å²) in [7, 11) is -2.22. The van der Waals surface area contributed by atoms with Crippen LogP contribution >= 0.6 is 0 Å². The molecule has 0 aliphatic heterocycles. The molecule has 0 atom stereocenters. The standard InChI is InChI=1S/C22H24N2O5S/c1-16-5-4-6-19(13-16)29-18-7-9-21(10-8-18)30(26,27)23-11-12-24-17(2)14-20(28-3)15-22(24)25/h4-10,13-15,23H,11-12H2,1-3H3. The molecule has 0 saturated carbocycles. The number of hydrogen-bond donors (Lipinski definition) is 1. The summed E-state index contributed by atoms with van der Waals surface area (Å²) in [5.41, 5.74) is 1.52. The number of rotatable bonds is 8. The van der Waals surface area contributed by atoms with Crippen LogP contribution in [0.5, 0.6) is 17.2 Å². The summed E-state index contributed by atoms with van der Waals surface area (Å²) in [6.45, 7) is 4.03. The molecule has 0 spiro atoms. The second-order valence-electron chi connectivity index (χ2n) is 6.81. The van der Waals surface area contributed by atoms with Gasteiger partial charge >= 0.3 is 0 Å². The van der Waals surface area contributed by atoms with Gasteiger partial charge in [0, 0.05) is 24.8 Å². The maximum atomic E-state index is 12.5. The van der Waals surface area contributed by atoms with Crippen LogP contribution in [0.2, 0.25) is 0 Å². The van der Waals surface area contributed by atoms with E-state index in [1.54, 1.807) is 25.1 Å². The van der Waals surface area contributed by atoms with E-state index >= 15 is 0 Å². The van der Waals surface area contributed by atoms with E-state index in [9.17, 15) is 13.2 Å². The molecule has 0 aliphatic carbocycles. The van der Waals surface area contributed by atoms with Gasteiger partial charge in [-0.1, -0.05) is 12.1 Å². The van der Waals surface area contributed by atoms with Crippen LogP contribution in [0.15, 0.2) is 70.4 Å². The number of hydrogen-bond acceptors (Lipinski definition) is 5. The van der Waals surface area contributed by atoms with Crippen LogP contribution in [0.1, 0.15) is 11.3 Å². The molecule has 3 rings (SSSR count). The van der Waals surface area contributed by atoms with Crippen molar-refractivity contribution >= 4 is 10.0 Å². The molecule has 0 saturated heterocycles. The third-order valence-corrected chi connectivity index (χ3v) is 6.01. The molecule has 0 aliphatic rings. The molecule has 1 N–H and O–H groups in total. The van der Waals surface area contributed by atoms with Gasteiger partial charge in [-0.3, -0.25) is 4.79 Å². The highest BCUT2D eigenvalue weighted by molar-refractivity contribution is 7.89. The van der Waals surface area contributed by atoms with Gasteiger partial charge in [0.25, 0.3) is 5.56 Å². The van der Waals surface area contributed by atoms with Gasteiger partial charge in [0.15, 0.2) is 0 Å². The molecule has 3 aromatic rings. The Bertz CT molecular complexity index is 1180. The largest absolute Gasteiger partial charge is 0.496 e. The van der Waals surface area contributed by atoms with E-state index in [-0.39, 0.29) is 23.5 Å². The van der Waals surface area contributed by atoms with Crippen molar-refractivity contribution < 1.29 is 17.9 Å². The van der Waals surface area contributed by atoms with E-state index < -0.39 is 10.0 Å². The van der Waals surface area contributed by atoms with Gasteiger partial charge in [-0.15, -0.1) is 0 Å². The van der Waals surface area contributed by atoms with Crippen molar-refractivity contribution in [2.24, 2.45) is 0 Å². The summed E-state index contributed by atoms with van der Waals surface area (Å²) in [5.74, 6) is 1.70. The number of ether oxygens (including phenoxy) is 2. The summed E-state index contributed by atoms with van der Waals surface area (Å²) < 4.78 is 39.9. The van der Waals surface area contributed by atoms with Crippen LogP contribution in [0.3, 0.4) is 0 Å². The van der Waals surface area contributed by atoms with Gasteiger partial charge in [-0.2, -0.15) is 0 Å². The predicted octanol–water partition coefficient (Wildman–Crippen LogP) is 3.24. The molecule has 1 aromatic heterocycles. The number of sulfonamides is 1. The normalized spacial score (nSPS) is 11.3. The Labute approximate surface area is 175 Å². The van der Waals surface area contributed by atoms with Crippen molar-refractivity contribution in [2.75, 3.05) is 13.7 Å². The monoisotopic (exact) mass is 428 g/mol. The van der Waals surface area contributed by atoms with E-state index in [1.165, 1.54) is 29.9 Å². The molecular formula is C22H24N2O5S. The fraction of sp³-hybridized carbons (Fsp3) is 0.227. The van der Waals surface area contributed by atoms with Crippen molar-refractivity contribution in [1.29, 1.82) is 0 Å². The maximum Gasteiger partial charge on any atom is 0.254 e. The van der Waals surface area contributed by atoms with Gasteiger partial charge < -0.3 is 14.0 Å². The van der Waals surface area contributed by atoms with E-state index in [0.717, 1.165) is 5.56 Å². The van der Waals surface area contributed by atoms with Crippen LogP contribution in [0.4, 0.5) is 0 Å². The summed E-state index contributed by atoms with van der Waals surface area (Å²) >= 11 is 0. The summed E-state index contributed by atoms with van der Waals surface area (Å²) in [4.78, 5) is 12.3. The first-order valence-corrected chi connectivity index (χ1v) is 10.9. The summed E-state index contributed by atoms with van der Waals surface area (Å²) in [6.07, 6.45) is 0. The van der Waals surface area contributed by atoms with Crippen molar-refractivity contribution in [3.05, 3.63) is 82.3 Å². The Kier molecular flexibility index (Phi) is 6.59. The summed E-state index contributed by atoms with van der Waals surface area (Å²) in [5, 5.41) is 0. The molecule has 0 amide bonds. The fourth-order valence-corrected chi connectivity index (χ4v) is 4.00. The number of methoxy groups -OCH3 is 1. The number of nitrogens with one attached hydrogen (secondary N) is 1. The number of benzene rings is 2. The van der Waals surface area contributed by atoms with Crippen LogP contribution in [-0.2, 0) is 16.6 Å². The molecule has 0 fully saturated rings. The number of pyridine rings is 1. The van der Waals surface area contributed by atoms with Crippen LogP contribution in [-0.4, -0.2) is 26.6 Å². The molecule has 30 heavy (non-hydrogen) atoms. The Hall–Kier alpha value is -3.10. The number of aryl methyl sites for hydroxylation is 2. The molecular weight excluding hydrogens is 404 g/mol. The highest BCUT2D eigenvalue weighted by Gasteiger charge is 2.14. The maximum absolute atomic E-state index is 12.5. The second kappa shape index (κ2) is 9.15. The Balaban J connectivity index is 1.64. The molecule has 0 radical (unpaired) electrons. The van der Waals surface area contributed by atoms with Gasteiger partial charge in [-0.05, 0) is 61.9 Å². The van der Waals surface area contributed by atoms with Gasteiger partial charge in [0.05, 0.1) is 12.0 Å². The van der Waals surface area contributed by atoms with E-state index in [0.29, 0.717) is 22.9 Å². The zero-order valence-corrected chi connectivity index (χ0v) is 17.9. The molecule has 0 unspecified atom stereocenters. The van der Waals surface area contributed by atoms with Crippen LogP contribution < -0.4 is 19.8 Å². The minimum absolute atomic E-state index is 0.0803. The predicted molar refractivity (Wildman–Crippen MR) is 115 cm³/mol. The van der Waals surface area contributed by atoms with Crippen molar-refractivity contribution in [3.8, 4) is 17.2 Å². The lowest BCUT2D eigenvalue weighted by Gasteiger charge is -2.12. The Morgan fingerprint density at radius 3 is 2.30 bits per heavy atom. The first-order valence-electron chi connectivity index (χ1n) is 9.38. The Morgan fingerprint density at radius 2 is 1.67 bits per heavy atom.